The Morgan fingerprint density at radius 3 is 2.08 bits per heavy atom. The summed E-state index contributed by atoms with van der Waals surface area (Å²) in [6, 6.07) is 0. The van der Waals surface area contributed by atoms with E-state index in [1.807, 2.05) is 0 Å². The van der Waals surface area contributed by atoms with Crippen LogP contribution in [0.1, 0.15) is 25.7 Å². The molecule has 0 aromatic rings. The summed E-state index contributed by atoms with van der Waals surface area (Å²) in [7, 11) is 0. The van der Waals surface area contributed by atoms with Gasteiger partial charge in [-0.2, -0.15) is 0 Å². The summed E-state index contributed by atoms with van der Waals surface area (Å²) in [5.41, 5.74) is 0.0463. The van der Waals surface area contributed by atoms with Crippen molar-refractivity contribution in [1.29, 1.82) is 0 Å². The van der Waals surface area contributed by atoms with Gasteiger partial charge in [0.2, 0.25) is 0 Å². The molecule has 0 bridgehead atoms. The number of carboxylic acid groups (broad SMARTS) is 2. The van der Waals surface area contributed by atoms with Crippen molar-refractivity contribution in [1.82, 2.24) is 0 Å². The fourth-order valence-electron chi connectivity index (χ4n) is 1.72. The molecule has 1 saturated carbocycles. The van der Waals surface area contributed by atoms with Crippen molar-refractivity contribution in [2.24, 2.45) is 5.92 Å². The molecule has 1 fully saturated rings. The van der Waals surface area contributed by atoms with Gasteiger partial charge in [0.25, 0.3) is 0 Å². The summed E-state index contributed by atoms with van der Waals surface area (Å²) in [5.74, 6) is -2.34. The molecule has 0 amide bonds. The van der Waals surface area contributed by atoms with Crippen LogP contribution < -0.4 is 0 Å². The molecule has 1 aliphatic carbocycles. The molecule has 0 saturated heterocycles. The number of carboxylic acids is 2. The highest BCUT2D eigenvalue weighted by atomic mass is 16.4. The zero-order chi connectivity index (χ0) is 9.84. The van der Waals surface area contributed by atoms with Crippen LogP contribution in [0.5, 0.6) is 0 Å². The van der Waals surface area contributed by atoms with Crippen LogP contribution in [-0.4, -0.2) is 22.2 Å². The van der Waals surface area contributed by atoms with E-state index in [2.05, 4.69) is 0 Å². The van der Waals surface area contributed by atoms with Crippen LogP contribution in [0.15, 0.2) is 11.6 Å². The summed E-state index contributed by atoms with van der Waals surface area (Å²) < 4.78 is 0. The van der Waals surface area contributed by atoms with E-state index in [-0.39, 0.29) is 11.5 Å². The van der Waals surface area contributed by atoms with Gasteiger partial charge in [-0.3, -0.25) is 0 Å². The molecule has 0 unspecified atom stereocenters. The maximum atomic E-state index is 10.7. The lowest BCUT2D eigenvalue weighted by Gasteiger charge is -2.08. The standard InChI is InChI=1S/C9H12O4/c10-8(11)5-7(9(12)13)6-3-1-2-4-6/h5-6H,1-4H2,(H,10,11)(H,12,13)/b7-5-. The van der Waals surface area contributed by atoms with Crippen LogP contribution in [-0.2, 0) is 9.59 Å². The summed E-state index contributed by atoms with van der Waals surface area (Å²) in [6.07, 6.45) is 4.40. The Hall–Kier alpha value is -1.32. The first-order chi connectivity index (χ1) is 6.11. The zero-order valence-corrected chi connectivity index (χ0v) is 7.19. The van der Waals surface area contributed by atoms with Crippen molar-refractivity contribution in [3.8, 4) is 0 Å². The molecule has 2 N–H and O–H groups in total. The normalized spacial score (nSPS) is 18.9. The summed E-state index contributed by atoms with van der Waals surface area (Å²) >= 11 is 0. The van der Waals surface area contributed by atoms with Gasteiger partial charge in [-0.1, -0.05) is 12.8 Å². The Kier molecular flexibility index (Phi) is 3.06. The number of rotatable bonds is 3. The van der Waals surface area contributed by atoms with Gasteiger partial charge in [-0.05, 0) is 18.8 Å². The van der Waals surface area contributed by atoms with E-state index in [1.165, 1.54) is 0 Å². The van der Waals surface area contributed by atoms with Crippen molar-refractivity contribution in [2.45, 2.75) is 25.7 Å². The predicted octanol–water partition coefficient (Wildman–Crippen LogP) is 1.27. The second-order valence-electron chi connectivity index (χ2n) is 3.22. The first kappa shape index (κ1) is 9.77. The second-order valence-corrected chi connectivity index (χ2v) is 3.22. The van der Waals surface area contributed by atoms with Crippen LogP contribution in [0.3, 0.4) is 0 Å². The van der Waals surface area contributed by atoms with Gasteiger partial charge in [-0.25, -0.2) is 9.59 Å². The molecule has 1 rings (SSSR count). The van der Waals surface area contributed by atoms with Crippen molar-refractivity contribution in [3.05, 3.63) is 11.6 Å². The number of hydrogen-bond acceptors (Lipinski definition) is 2. The number of hydrogen-bond donors (Lipinski definition) is 2. The lowest BCUT2D eigenvalue weighted by molar-refractivity contribution is -0.135. The Labute approximate surface area is 75.9 Å². The minimum atomic E-state index is -1.18. The van der Waals surface area contributed by atoms with Crippen LogP contribution >= 0.6 is 0 Å². The van der Waals surface area contributed by atoms with Crippen molar-refractivity contribution in [3.63, 3.8) is 0 Å². The Balaban J connectivity index is 2.78. The largest absolute Gasteiger partial charge is 0.478 e. The molecule has 0 atom stereocenters. The fourth-order valence-corrected chi connectivity index (χ4v) is 1.72. The van der Waals surface area contributed by atoms with E-state index in [1.54, 1.807) is 0 Å². The van der Waals surface area contributed by atoms with Gasteiger partial charge in [0.05, 0.1) is 0 Å². The molecular formula is C9H12O4. The van der Waals surface area contributed by atoms with E-state index in [0.29, 0.717) is 0 Å². The SMILES string of the molecule is O=C(O)/C=C(\C(=O)O)C1CCCC1. The highest BCUT2D eigenvalue weighted by Gasteiger charge is 2.24. The maximum absolute atomic E-state index is 10.7. The minimum Gasteiger partial charge on any atom is -0.478 e. The quantitative estimate of drug-likeness (QED) is 0.648. The molecule has 0 aromatic carbocycles. The minimum absolute atomic E-state index is 0.0463. The second kappa shape index (κ2) is 4.07. The summed E-state index contributed by atoms with van der Waals surface area (Å²) in [4.78, 5) is 21.0. The molecule has 4 nitrogen and oxygen atoms in total. The smallest absolute Gasteiger partial charge is 0.332 e. The Morgan fingerprint density at radius 1 is 1.15 bits per heavy atom. The molecular weight excluding hydrogens is 172 g/mol. The molecule has 0 heterocycles. The van der Waals surface area contributed by atoms with E-state index in [9.17, 15) is 9.59 Å². The summed E-state index contributed by atoms with van der Waals surface area (Å²) in [6.45, 7) is 0. The molecule has 0 aromatic heterocycles. The molecule has 1 aliphatic rings. The van der Waals surface area contributed by atoms with Gasteiger partial charge in [-0.15, -0.1) is 0 Å². The third-order valence-electron chi connectivity index (χ3n) is 2.32. The molecule has 72 valence electrons. The van der Waals surface area contributed by atoms with E-state index >= 15 is 0 Å². The Bertz CT molecular complexity index is 248. The highest BCUT2D eigenvalue weighted by Crippen LogP contribution is 2.30. The molecule has 13 heavy (non-hydrogen) atoms. The number of aliphatic carboxylic acids is 2. The Morgan fingerprint density at radius 2 is 1.69 bits per heavy atom. The molecule has 0 radical (unpaired) electrons. The van der Waals surface area contributed by atoms with E-state index in [0.717, 1.165) is 31.8 Å². The van der Waals surface area contributed by atoms with Crippen molar-refractivity contribution >= 4 is 11.9 Å². The average Bonchev–Trinajstić information content (AvgIpc) is 2.50. The van der Waals surface area contributed by atoms with Crippen LogP contribution in [0, 0.1) is 5.92 Å². The first-order valence-corrected chi connectivity index (χ1v) is 4.29. The van der Waals surface area contributed by atoms with Crippen molar-refractivity contribution < 1.29 is 19.8 Å². The highest BCUT2D eigenvalue weighted by molar-refractivity contribution is 5.95. The molecule has 4 heteroatoms. The van der Waals surface area contributed by atoms with Gasteiger partial charge >= 0.3 is 11.9 Å². The van der Waals surface area contributed by atoms with E-state index < -0.39 is 11.9 Å². The van der Waals surface area contributed by atoms with Crippen LogP contribution in [0.25, 0.3) is 0 Å². The van der Waals surface area contributed by atoms with Crippen LogP contribution in [0.2, 0.25) is 0 Å². The van der Waals surface area contributed by atoms with Gasteiger partial charge in [0.1, 0.15) is 0 Å². The van der Waals surface area contributed by atoms with Gasteiger partial charge in [0.15, 0.2) is 0 Å². The third-order valence-corrected chi connectivity index (χ3v) is 2.32. The monoisotopic (exact) mass is 184 g/mol. The predicted molar refractivity (Wildman–Crippen MR) is 45.3 cm³/mol. The maximum Gasteiger partial charge on any atom is 0.332 e. The fraction of sp³-hybridized carbons (Fsp3) is 0.556. The third kappa shape index (κ3) is 2.57. The van der Waals surface area contributed by atoms with Crippen molar-refractivity contribution in [2.75, 3.05) is 0 Å². The molecule has 0 spiro atoms. The average molecular weight is 184 g/mol. The lowest BCUT2D eigenvalue weighted by atomic mass is 9.97. The number of carbonyl (C=O) groups is 2. The van der Waals surface area contributed by atoms with E-state index in [4.69, 9.17) is 10.2 Å². The topological polar surface area (TPSA) is 74.6 Å². The lowest BCUT2D eigenvalue weighted by Crippen LogP contribution is -2.11. The molecule has 0 aliphatic heterocycles. The van der Waals surface area contributed by atoms with Crippen LogP contribution in [0.4, 0.5) is 0 Å². The zero-order valence-electron chi connectivity index (χ0n) is 7.19. The first-order valence-electron chi connectivity index (χ1n) is 4.29. The van der Waals surface area contributed by atoms with Gasteiger partial charge < -0.3 is 10.2 Å². The van der Waals surface area contributed by atoms with Gasteiger partial charge in [0, 0.05) is 11.6 Å². The summed E-state index contributed by atoms with van der Waals surface area (Å²) in [5, 5.41) is 17.2.